The number of nitrogens with zero attached hydrogens (tertiary/aromatic N) is 3. The second-order valence-electron chi connectivity index (χ2n) is 5.84. The van der Waals surface area contributed by atoms with Crippen LogP contribution in [0, 0.1) is 25.2 Å². The highest BCUT2D eigenvalue weighted by Crippen LogP contribution is 2.28. The van der Waals surface area contributed by atoms with Crippen LogP contribution in [0.2, 0.25) is 0 Å². The number of aryl methyl sites for hydroxylation is 2. The predicted octanol–water partition coefficient (Wildman–Crippen LogP) is 4.52. The summed E-state index contributed by atoms with van der Waals surface area (Å²) in [5.41, 5.74) is 2.13. The summed E-state index contributed by atoms with van der Waals surface area (Å²) >= 11 is 3.13. The molecule has 6 heteroatoms. The first-order valence-electron chi connectivity index (χ1n) is 8.16. The molecule has 0 bridgehead atoms. The first-order chi connectivity index (χ1) is 12.1. The summed E-state index contributed by atoms with van der Waals surface area (Å²) in [5.74, 6) is 0.781. The van der Waals surface area contributed by atoms with E-state index in [1.54, 1.807) is 27.7 Å². The maximum absolute atomic E-state index is 13.1. The Kier molecular flexibility index (Phi) is 5.57. The van der Waals surface area contributed by atoms with Gasteiger partial charge in [0, 0.05) is 17.1 Å². The Morgan fingerprint density at radius 1 is 1.28 bits per heavy atom. The number of benzene rings is 1. The summed E-state index contributed by atoms with van der Waals surface area (Å²) in [7, 11) is 0. The molecule has 0 N–H and O–H groups in total. The topological polar surface area (TPSA) is 58.7 Å². The van der Waals surface area contributed by atoms with Gasteiger partial charge in [-0.3, -0.25) is 9.36 Å². The van der Waals surface area contributed by atoms with Crippen LogP contribution in [-0.4, -0.2) is 15.3 Å². The van der Waals surface area contributed by atoms with Crippen molar-refractivity contribution < 1.29 is 0 Å². The Balaban J connectivity index is 2.06. The number of hydrogen-bond donors (Lipinski definition) is 0. The lowest BCUT2D eigenvalue weighted by molar-refractivity contribution is 0.658. The number of thiophene rings is 1. The number of unbranched alkanes of at least 4 members (excludes halogenated alkanes) is 1. The Morgan fingerprint density at radius 3 is 2.76 bits per heavy atom. The van der Waals surface area contributed by atoms with Gasteiger partial charge in [-0.25, -0.2) is 4.98 Å². The zero-order chi connectivity index (χ0) is 17.8. The van der Waals surface area contributed by atoms with Crippen LogP contribution in [0.15, 0.2) is 40.3 Å². The Bertz CT molecular complexity index is 984. The molecule has 0 radical (unpaired) electrons. The molecule has 0 atom stereocenters. The van der Waals surface area contributed by atoms with E-state index in [4.69, 9.17) is 10.2 Å². The zero-order valence-electron chi connectivity index (χ0n) is 14.3. The van der Waals surface area contributed by atoms with Crippen LogP contribution in [0.25, 0.3) is 10.2 Å². The van der Waals surface area contributed by atoms with Gasteiger partial charge in [-0.1, -0.05) is 42.1 Å². The van der Waals surface area contributed by atoms with Gasteiger partial charge in [-0.15, -0.1) is 11.3 Å². The van der Waals surface area contributed by atoms with Crippen molar-refractivity contribution in [1.82, 2.24) is 9.55 Å². The van der Waals surface area contributed by atoms with Crippen molar-refractivity contribution in [3.05, 3.63) is 56.7 Å². The molecule has 0 amide bonds. The lowest BCUT2D eigenvalue weighted by Gasteiger charge is -2.12. The first kappa shape index (κ1) is 17.7. The molecule has 0 aliphatic heterocycles. The highest BCUT2D eigenvalue weighted by atomic mass is 32.2. The van der Waals surface area contributed by atoms with E-state index in [0.717, 1.165) is 43.6 Å². The second kappa shape index (κ2) is 7.85. The molecular formula is C19H19N3OS2. The van der Waals surface area contributed by atoms with Crippen LogP contribution < -0.4 is 5.56 Å². The van der Waals surface area contributed by atoms with Crippen molar-refractivity contribution in [2.75, 3.05) is 5.75 Å². The monoisotopic (exact) mass is 369 g/mol. The average Bonchev–Trinajstić information content (AvgIpc) is 2.90. The fourth-order valence-electron chi connectivity index (χ4n) is 2.64. The number of rotatable bonds is 6. The largest absolute Gasteiger partial charge is 0.283 e. The van der Waals surface area contributed by atoms with Crippen molar-refractivity contribution in [1.29, 1.82) is 5.26 Å². The normalized spacial score (nSPS) is 10.9. The van der Waals surface area contributed by atoms with Gasteiger partial charge < -0.3 is 0 Å². The first-order valence-corrected chi connectivity index (χ1v) is 9.96. The number of hydrogen-bond acceptors (Lipinski definition) is 5. The van der Waals surface area contributed by atoms with Crippen LogP contribution in [0.1, 0.15) is 28.8 Å². The van der Waals surface area contributed by atoms with Gasteiger partial charge in [0.1, 0.15) is 4.83 Å². The Labute approximate surface area is 155 Å². The molecule has 0 aliphatic carbocycles. The summed E-state index contributed by atoms with van der Waals surface area (Å²) in [5, 5.41) is 10.2. The van der Waals surface area contributed by atoms with E-state index in [1.807, 2.05) is 44.2 Å². The molecule has 0 unspecified atom stereocenters. The van der Waals surface area contributed by atoms with Crippen LogP contribution >= 0.6 is 23.1 Å². The highest BCUT2D eigenvalue weighted by molar-refractivity contribution is 7.99. The SMILES string of the molecule is Cc1sc2nc(SCCCC#N)n(Cc3ccccc3)c(=O)c2c1C. The molecule has 0 aliphatic rings. The smallest absolute Gasteiger partial charge is 0.263 e. The third-order valence-corrected chi connectivity index (χ3v) is 6.27. The molecule has 3 rings (SSSR count). The van der Waals surface area contributed by atoms with E-state index in [1.165, 1.54) is 0 Å². The molecule has 2 aromatic heterocycles. The van der Waals surface area contributed by atoms with Crippen LogP contribution in [0.3, 0.4) is 0 Å². The summed E-state index contributed by atoms with van der Waals surface area (Å²) in [6.45, 7) is 4.53. The van der Waals surface area contributed by atoms with E-state index in [-0.39, 0.29) is 5.56 Å². The molecule has 4 nitrogen and oxygen atoms in total. The molecule has 2 heterocycles. The van der Waals surface area contributed by atoms with Gasteiger partial charge in [0.05, 0.1) is 18.0 Å². The third kappa shape index (κ3) is 3.78. The van der Waals surface area contributed by atoms with Gasteiger partial charge in [0.25, 0.3) is 5.56 Å². The summed E-state index contributed by atoms with van der Waals surface area (Å²) < 4.78 is 1.77. The number of thioether (sulfide) groups is 1. The lowest BCUT2D eigenvalue weighted by atomic mass is 10.2. The van der Waals surface area contributed by atoms with E-state index in [2.05, 4.69) is 6.07 Å². The van der Waals surface area contributed by atoms with Crippen LogP contribution in [0.5, 0.6) is 0 Å². The summed E-state index contributed by atoms with van der Waals surface area (Å²) in [6.07, 6.45) is 1.32. The molecule has 128 valence electrons. The van der Waals surface area contributed by atoms with Gasteiger partial charge >= 0.3 is 0 Å². The van der Waals surface area contributed by atoms with E-state index in [0.29, 0.717) is 13.0 Å². The lowest BCUT2D eigenvalue weighted by Crippen LogP contribution is -2.24. The van der Waals surface area contributed by atoms with E-state index < -0.39 is 0 Å². The van der Waals surface area contributed by atoms with Gasteiger partial charge in [0.15, 0.2) is 5.16 Å². The van der Waals surface area contributed by atoms with Crippen molar-refractivity contribution in [2.45, 2.75) is 38.4 Å². The van der Waals surface area contributed by atoms with Crippen molar-refractivity contribution in [3.8, 4) is 6.07 Å². The molecule has 0 saturated heterocycles. The Hall–Kier alpha value is -2.10. The number of aromatic nitrogens is 2. The van der Waals surface area contributed by atoms with Crippen molar-refractivity contribution >= 4 is 33.3 Å². The van der Waals surface area contributed by atoms with Crippen LogP contribution in [0.4, 0.5) is 0 Å². The minimum atomic E-state index is 0.0264. The fourth-order valence-corrected chi connectivity index (χ4v) is 4.65. The number of nitriles is 1. The fraction of sp³-hybridized carbons (Fsp3) is 0.316. The minimum absolute atomic E-state index is 0.0264. The predicted molar refractivity (Wildman–Crippen MR) is 104 cm³/mol. The maximum atomic E-state index is 13.1. The van der Waals surface area contributed by atoms with Gasteiger partial charge in [-0.2, -0.15) is 5.26 Å². The standard InChI is InChI=1S/C19H19N3OS2/c1-13-14(2)25-17-16(13)18(23)22(12-15-8-4-3-5-9-15)19(21-17)24-11-7-6-10-20/h3-5,8-9H,6-7,11-12H2,1-2H3. The third-order valence-electron chi connectivity index (χ3n) is 4.10. The van der Waals surface area contributed by atoms with Crippen molar-refractivity contribution in [3.63, 3.8) is 0 Å². The van der Waals surface area contributed by atoms with E-state index >= 15 is 0 Å². The average molecular weight is 370 g/mol. The Morgan fingerprint density at radius 2 is 2.04 bits per heavy atom. The molecule has 0 fully saturated rings. The molecule has 25 heavy (non-hydrogen) atoms. The molecular weight excluding hydrogens is 350 g/mol. The molecule has 3 aromatic rings. The van der Waals surface area contributed by atoms with Crippen LogP contribution in [-0.2, 0) is 6.54 Å². The molecule has 0 saturated carbocycles. The summed E-state index contributed by atoms with van der Waals surface area (Å²) in [4.78, 5) is 19.9. The van der Waals surface area contributed by atoms with Gasteiger partial charge in [-0.05, 0) is 31.4 Å². The molecule has 1 aromatic carbocycles. The molecule has 0 spiro atoms. The zero-order valence-corrected chi connectivity index (χ0v) is 15.9. The minimum Gasteiger partial charge on any atom is -0.283 e. The van der Waals surface area contributed by atoms with Crippen molar-refractivity contribution in [2.24, 2.45) is 0 Å². The summed E-state index contributed by atoms with van der Waals surface area (Å²) in [6, 6.07) is 12.1. The maximum Gasteiger partial charge on any atom is 0.263 e. The highest BCUT2D eigenvalue weighted by Gasteiger charge is 2.17. The quantitative estimate of drug-likeness (QED) is 0.364. The second-order valence-corrected chi connectivity index (χ2v) is 8.11. The number of fused-ring (bicyclic) bond motifs is 1. The van der Waals surface area contributed by atoms with Gasteiger partial charge in [0.2, 0.25) is 0 Å². The van der Waals surface area contributed by atoms with E-state index in [9.17, 15) is 4.79 Å².